The molecular formula is C20H21N3O3. The summed E-state index contributed by atoms with van der Waals surface area (Å²) in [6.45, 7) is 0. The molecule has 4 N–H and O–H groups in total. The molecular weight excluding hydrogens is 330 g/mol. The number of H-pyrrole nitrogens is 2. The Morgan fingerprint density at radius 2 is 1.77 bits per heavy atom. The van der Waals surface area contributed by atoms with Crippen molar-refractivity contribution >= 4 is 5.91 Å². The number of benzene rings is 2. The molecule has 1 atom stereocenters. The average molecular weight is 351 g/mol. The number of amides is 1. The van der Waals surface area contributed by atoms with Crippen LogP contribution >= 0.6 is 0 Å². The van der Waals surface area contributed by atoms with Crippen molar-refractivity contribution in [3.63, 3.8) is 0 Å². The molecule has 1 aromatic heterocycles. The summed E-state index contributed by atoms with van der Waals surface area (Å²) in [5, 5.41) is 5.60. The summed E-state index contributed by atoms with van der Waals surface area (Å²) in [7, 11) is 1.59. The van der Waals surface area contributed by atoms with E-state index in [-0.39, 0.29) is 12.0 Å². The van der Waals surface area contributed by atoms with Crippen LogP contribution in [0, 0.1) is 0 Å². The van der Waals surface area contributed by atoms with Crippen LogP contribution in [0.4, 0.5) is 0 Å². The number of carbonyl (C=O) groups is 1. The second-order valence-electron chi connectivity index (χ2n) is 6.13. The van der Waals surface area contributed by atoms with E-state index in [2.05, 4.69) is 10.2 Å². The first-order chi connectivity index (χ1) is 12.6. The molecule has 3 aromatic rings. The highest BCUT2D eigenvalue weighted by Crippen LogP contribution is 2.29. The Morgan fingerprint density at radius 3 is 2.38 bits per heavy atom. The van der Waals surface area contributed by atoms with Gasteiger partial charge in [0.25, 0.3) is 5.56 Å². The third-order valence-electron chi connectivity index (χ3n) is 4.39. The second-order valence-corrected chi connectivity index (χ2v) is 6.13. The number of aromatic nitrogens is 2. The van der Waals surface area contributed by atoms with Crippen molar-refractivity contribution in [1.29, 1.82) is 0 Å². The summed E-state index contributed by atoms with van der Waals surface area (Å²) in [5.74, 6) is -0.178. The first kappa shape index (κ1) is 17.5. The lowest BCUT2D eigenvalue weighted by atomic mass is 9.87. The Bertz CT molecular complexity index is 927. The molecule has 0 aliphatic rings. The molecule has 2 aromatic carbocycles. The summed E-state index contributed by atoms with van der Waals surface area (Å²) in [4.78, 5) is 24.1. The number of methoxy groups -OCH3 is 1. The molecule has 6 heteroatoms. The van der Waals surface area contributed by atoms with Crippen LogP contribution in [-0.4, -0.2) is 23.2 Å². The number of nitrogens with two attached hydrogens (primary N) is 1. The molecule has 1 unspecified atom stereocenters. The molecule has 0 saturated heterocycles. The monoisotopic (exact) mass is 351 g/mol. The van der Waals surface area contributed by atoms with Gasteiger partial charge < -0.3 is 15.6 Å². The summed E-state index contributed by atoms with van der Waals surface area (Å²) >= 11 is 0. The lowest BCUT2D eigenvalue weighted by Gasteiger charge is -2.16. The van der Waals surface area contributed by atoms with Gasteiger partial charge in [-0.15, -0.1) is 0 Å². The van der Waals surface area contributed by atoms with Crippen molar-refractivity contribution < 1.29 is 9.53 Å². The van der Waals surface area contributed by atoms with Gasteiger partial charge in [-0.25, -0.2) is 0 Å². The van der Waals surface area contributed by atoms with Gasteiger partial charge >= 0.3 is 0 Å². The summed E-state index contributed by atoms with van der Waals surface area (Å²) in [6.07, 6.45) is 0.607. The average Bonchev–Trinajstić information content (AvgIpc) is 3.00. The normalized spacial score (nSPS) is 11.9. The lowest BCUT2D eigenvalue weighted by Crippen LogP contribution is -2.21. The molecule has 0 radical (unpaired) electrons. The van der Waals surface area contributed by atoms with E-state index in [1.54, 1.807) is 19.2 Å². The third kappa shape index (κ3) is 3.85. The highest BCUT2D eigenvalue weighted by atomic mass is 16.5. The van der Waals surface area contributed by atoms with Gasteiger partial charge in [-0.3, -0.25) is 14.7 Å². The summed E-state index contributed by atoms with van der Waals surface area (Å²) in [6, 6.07) is 17.1. The number of hydrogen-bond donors (Lipinski definition) is 3. The van der Waals surface area contributed by atoms with E-state index in [0.29, 0.717) is 17.7 Å². The van der Waals surface area contributed by atoms with Crippen molar-refractivity contribution in [3.8, 4) is 5.75 Å². The fourth-order valence-corrected chi connectivity index (χ4v) is 3.14. The molecule has 26 heavy (non-hydrogen) atoms. The van der Waals surface area contributed by atoms with Gasteiger partial charge in [-0.1, -0.05) is 42.5 Å². The molecule has 1 amide bonds. The van der Waals surface area contributed by atoms with Gasteiger partial charge in [0.1, 0.15) is 5.75 Å². The van der Waals surface area contributed by atoms with Crippen LogP contribution < -0.4 is 16.0 Å². The van der Waals surface area contributed by atoms with Crippen molar-refractivity contribution in [2.24, 2.45) is 5.73 Å². The number of hydrogen-bond acceptors (Lipinski definition) is 3. The van der Waals surface area contributed by atoms with Gasteiger partial charge in [0.2, 0.25) is 5.91 Å². The maximum atomic E-state index is 12.5. The first-order valence-corrected chi connectivity index (χ1v) is 8.34. The molecule has 6 nitrogen and oxygen atoms in total. The fourth-order valence-electron chi connectivity index (χ4n) is 3.14. The largest absolute Gasteiger partial charge is 0.497 e. The van der Waals surface area contributed by atoms with Gasteiger partial charge in [0.05, 0.1) is 7.11 Å². The molecule has 0 fully saturated rings. The van der Waals surface area contributed by atoms with Crippen molar-refractivity contribution in [2.75, 3.05) is 7.11 Å². The molecule has 0 spiro atoms. The van der Waals surface area contributed by atoms with Gasteiger partial charge in [-0.2, -0.15) is 0 Å². The standard InChI is InChI=1S/C20H21N3O3/c1-26-15-9-7-14(8-10-15)16(12-18(21)24)19-17(22-23-20(19)25)11-13-5-3-2-4-6-13/h2-10,16H,11-12H2,1H3,(H2,21,24)(H2,22,23,25). The molecule has 0 saturated carbocycles. The Balaban J connectivity index is 2.02. The minimum Gasteiger partial charge on any atom is -0.497 e. The van der Waals surface area contributed by atoms with E-state index in [9.17, 15) is 9.59 Å². The molecule has 134 valence electrons. The minimum absolute atomic E-state index is 0.0506. The van der Waals surface area contributed by atoms with Crippen LogP contribution in [0.1, 0.15) is 34.7 Å². The van der Waals surface area contributed by atoms with Crippen LogP contribution in [-0.2, 0) is 11.2 Å². The van der Waals surface area contributed by atoms with Gasteiger partial charge in [0, 0.05) is 30.0 Å². The molecule has 0 bridgehead atoms. The molecule has 0 aliphatic heterocycles. The van der Waals surface area contributed by atoms with Gasteiger partial charge in [0.15, 0.2) is 0 Å². The van der Waals surface area contributed by atoms with Crippen LogP contribution in [0.2, 0.25) is 0 Å². The number of aromatic amines is 2. The Hall–Kier alpha value is -3.28. The number of ether oxygens (including phenoxy) is 1. The Kier molecular flexibility index (Phi) is 5.22. The zero-order chi connectivity index (χ0) is 18.5. The number of carbonyl (C=O) groups excluding carboxylic acids is 1. The van der Waals surface area contributed by atoms with E-state index in [0.717, 1.165) is 16.8 Å². The first-order valence-electron chi connectivity index (χ1n) is 8.34. The number of primary amides is 1. The van der Waals surface area contributed by atoms with E-state index in [1.807, 2.05) is 42.5 Å². The van der Waals surface area contributed by atoms with E-state index >= 15 is 0 Å². The van der Waals surface area contributed by atoms with Gasteiger partial charge in [-0.05, 0) is 23.3 Å². The van der Waals surface area contributed by atoms with Crippen LogP contribution in [0.3, 0.4) is 0 Å². The molecule has 0 aliphatic carbocycles. The quantitative estimate of drug-likeness (QED) is 0.609. The maximum Gasteiger partial charge on any atom is 0.267 e. The zero-order valence-corrected chi connectivity index (χ0v) is 14.5. The number of rotatable bonds is 7. The van der Waals surface area contributed by atoms with Crippen molar-refractivity contribution in [2.45, 2.75) is 18.8 Å². The lowest BCUT2D eigenvalue weighted by molar-refractivity contribution is -0.118. The predicted octanol–water partition coefficient (Wildman–Crippen LogP) is 2.31. The Morgan fingerprint density at radius 1 is 1.08 bits per heavy atom. The maximum absolute atomic E-state index is 12.5. The summed E-state index contributed by atoms with van der Waals surface area (Å²) < 4.78 is 5.18. The zero-order valence-electron chi connectivity index (χ0n) is 14.5. The fraction of sp³-hybridized carbons (Fsp3) is 0.200. The van der Waals surface area contributed by atoms with Crippen LogP contribution in [0.15, 0.2) is 59.4 Å². The minimum atomic E-state index is -0.461. The van der Waals surface area contributed by atoms with Crippen molar-refractivity contribution in [1.82, 2.24) is 10.2 Å². The highest BCUT2D eigenvalue weighted by molar-refractivity contribution is 5.75. The highest BCUT2D eigenvalue weighted by Gasteiger charge is 2.24. The smallest absolute Gasteiger partial charge is 0.267 e. The van der Waals surface area contributed by atoms with E-state index < -0.39 is 11.8 Å². The predicted molar refractivity (Wildman–Crippen MR) is 99.3 cm³/mol. The van der Waals surface area contributed by atoms with E-state index in [1.165, 1.54) is 0 Å². The summed E-state index contributed by atoms with van der Waals surface area (Å²) in [5.41, 5.74) is 8.42. The Labute approximate surface area is 151 Å². The van der Waals surface area contributed by atoms with Crippen molar-refractivity contribution in [3.05, 3.63) is 87.3 Å². The molecule has 1 heterocycles. The molecule has 3 rings (SSSR count). The van der Waals surface area contributed by atoms with Crippen LogP contribution in [0.5, 0.6) is 5.75 Å². The number of nitrogens with one attached hydrogen (secondary N) is 2. The second kappa shape index (κ2) is 7.74. The van der Waals surface area contributed by atoms with Crippen LogP contribution in [0.25, 0.3) is 0 Å². The van der Waals surface area contributed by atoms with E-state index in [4.69, 9.17) is 10.5 Å². The third-order valence-corrected chi connectivity index (χ3v) is 4.39. The SMILES string of the molecule is COc1ccc(C(CC(N)=O)c2c(Cc3ccccc3)[nH][nH]c2=O)cc1. The topological polar surface area (TPSA) is 101 Å².